The van der Waals surface area contributed by atoms with Gasteiger partial charge < -0.3 is 11.1 Å². The molecule has 1 aromatic rings. The van der Waals surface area contributed by atoms with Gasteiger partial charge in [0.25, 0.3) is 0 Å². The van der Waals surface area contributed by atoms with Crippen LogP contribution in [0.3, 0.4) is 0 Å². The molecule has 16 heavy (non-hydrogen) atoms. The fraction of sp³-hybridized carbons (Fsp3) is 0.455. The van der Waals surface area contributed by atoms with E-state index >= 15 is 0 Å². The molecule has 0 aliphatic heterocycles. The van der Waals surface area contributed by atoms with Crippen LogP contribution in [0.5, 0.6) is 0 Å². The third kappa shape index (κ3) is 3.81. The highest BCUT2D eigenvalue weighted by Gasteiger charge is 2.20. The molecule has 88 valence electrons. The number of amides is 1. The number of anilines is 1. The number of nitrogens with one attached hydrogen (secondary N) is 1. The first kappa shape index (κ1) is 13.0. The van der Waals surface area contributed by atoms with Crippen LogP contribution in [0.15, 0.2) is 16.7 Å². The van der Waals surface area contributed by atoms with Crippen molar-refractivity contribution in [3.63, 3.8) is 0 Å². The Morgan fingerprint density at radius 2 is 2.25 bits per heavy atom. The quantitative estimate of drug-likeness (QED) is 0.891. The lowest BCUT2D eigenvalue weighted by Gasteiger charge is -2.25. The minimum absolute atomic E-state index is 0.268. The Balaban J connectivity index is 2.79. The second kappa shape index (κ2) is 4.82. The van der Waals surface area contributed by atoms with Crippen LogP contribution in [0.1, 0.15) is 25.8 Å². The van der Waals surface area contributed by atoms with Crippen LogP contribution in [-0.2, 0) is 4.79 Å². The van der Waals surface area contributed by atoms with Crippen molar-refractivity contribution in [2.75, 3.05) is 5.32 Å². The summed E-state index contributed by atoms with van der Waals surface area (Å²) in [6, 6.07) is 1.92. The third-order valence-corrected chi connectivity index (χ3v) is 2.96. The SMILES string of the molecule is Cc1cc(NC(C)(C)CC(N)=O)ncc1Br. The van der Waals surface area contributed by atoms with Gasteiger partial charge >= 0.3 is 0 Å². The van der Waals surface area contributed by atoms with Crippen LogP contribution >= 0.6 is 15.9 Å². The lowest BCUT2D eigenvalue weighted by molar-refractivity contribution is -0.118. The first-order valence-electron chi connectivity index (χ1n) is 4.99. The van der Waals surface area contributed by atoms with Gasteiger partial charge in [-0.2, -0.15) is 0 Å². The van der Waals surface area contributed by atoms with Gasteiger partial charge in [-0.3, -0.25) is 4.79 Å². The smallest absolute Gasteiger partial charge is 0.219 e. The molecule has 0 atom stereocenters. The normalized spacial score (nSPS) is 11.2. The van der Waals surface area contributed by atoms with Crippen molar-refractivity contribution in [1.29, 1.82) is 0 Å². The topological polar surface area (TPSA) is 68.0 Å². The highest BCUT2D eigenvalue weighted by molar-refractivity contribution is 9.10. The molecule has 1 amide bonds. The molecular weight excluding hydrogens is 270 g/mol. The Morgan fingerprint density at radius 1 is 1.62 bits per heavy atom. The number of nitrogens with zero attached hydrogens (tertiary/aromatic N) is 1. The van der Waals surface area contributed by atoms with Gasteiger partial charge in [0.1, 0.15) is 5.82 Å². The Morgan fingerprint density at radius 3 is 2.75 bits per heavy atom. The average Bonchev–Trinajstić information content (AvgIpc) is 2.08. The van der Waals surface area contributed by atoms with E-state index in [4.69, 9.17) is 5.73 Å². The minimum atomic E-state index is -0.390. The van der Waals surface area contributed by atoms with Gasteiger partial charge in [-0.15, -0.1) is 0 Å². The molecule has 1 rings (SSSR count). The van der Waals surface area contributed by atoms with E-state index in [0.717, 1.165) is 15.9 Å². The molecule has 0 saturated carbocycles. The van der Waals surface area contributed by atoms with Crippen LogP contribution in [0.2, 0.25) is 0 Å². The molecule has 0 bridgehead atoms. The van der Waals surface area contributed by atoms with Crippen molar-refractivity contribution in [3.05, 3.63) is 22.3 Å². The molecule has 0 saturated heterocycles. The van der Waals surface area contributed by atoms with Gasteiger partial charge in [0.05, 0.1) is 0 Å². The summed E-state index contributed by atoms with van der Waals surface area (Å²) < 4.78 is 0.964. The van der Waals surface area contributed by atoms with Crippen LogP contribution in [0.4, 0.5) is 5.82 Å². The van der Waals surface area contributed by atoms with E-state index in [9.17, 15) is 4.79 Å². The zero-order chi connectivity index (χ0) is 12.3. The molecule has 0 aromatic carbocycles. The molecule has 0 spiro atoms. The number of carbonyl (C=O) groups is 1. The van der Waals surface area contributed by atoms with E-state index < -0.39 is 0 Å². The third-order valence-electron chi connectivity index (χ3n) is 2.13. The molecular formula is C11H16BrN3O. The summed E-state index contributed by atoms with van der Waals surface area (Å²) in [4.78, 5) is 15.1. The molecule has 0 radical (unpaired) electrons. The number of pyridine rings is 1. The van der Waals surface area contributed by atoms with E-state index in [-0.39, 0.29) is 17.9 Å². The fourth-order valence-corrected chi connectivity index (χ4v) is 1.65. The average molecular weight is 286 g/mol. The number of hydrogen-bond acceptors (Lipinski definition) is 3. The number of hydrogen-bond donors (Lipinski definition) is 2. The first-order chi connectivity index (χ1) is 7.30. The summed E-state index contributed by atoms with van der Waals surface area (Å²) in [6.45, 7) is 5.81. The van der Waals surface area contributed by atoms with Gasteiger partial charge in [-0.1, -0.05) is 0 Å². The maximum Gasteiger partial charge on any atom is 0.219 e. The molecule has 0 unspecified atom stereocenters. The maximum atomic E-state index is 10.9. The number of carbonyl (C=O) groups excluding carboxylic acids is 1. The summed E-state index contributed by atoms with van der Waals surface area (Å²) in [5, 5.41) is 3.18. The van der Waals surface area contributed by atoms with Crippen molar-refractivity contribution >= 4 is 27.7 Å². The van der Waals surface area contributed by atoms with Crippen LogP contribution < -0.4 is 11.1 Å². The second-order valence-electron chi connectivity index (χ2n) is 4.47. The van der Waals surface area contributed by atoms with Gasteiger partial charge in [-0.25, -0.2) is 4.98 Å². The van der Waals surface area contributed by atoms with E-state index in [1.54, 1.807) is 6.20 Å². The number of nitrogens with two attached hydrogens (primary N) is 1. The number of rotatable bonds is 4. The summed E-state index contributed by atoms with van der Waals surface area (Å²) in [5.41, 5.74) is 5.88. The fourth-order valence-electron chi connectivity index (χ4n) is 1.43. The predicted molar refractivity (Wildman–Crippen MR) is 68.2 cm³/mol. The Bertz CT molecular complexity index is 404. The summed E-state index contributed by atoms with van der Waals surface area (Å²) in [7, 11) is 0. The number of primary amides is 1. The summed E-state index contributed by atoms with van der Waals surface area (Å²) >= 11 is 3.38. The highest BCUT2D eigenvalue weighted by Crippen LogP contribution is 2.21. The van der Waals surface area contributed by atoms with Crippen molar-refractivity contribution < 1.29 is 4.79 Å². The van der Waals surface area contributed by atoms with Crippen molar-refractivity contribution in [2.45, 2.75) is 32.7 Å². The molecule has 1 heterocycles. The van der Waals surface area contributed by atoms with Crippen molar-refractivity contribution in [2.24, 2.45) is 5.73 Å². The monoisotopic (exact) mass is 285 g/mol. The van der Waals surface area contributed by atoms with Gasteiger partial charge in [0.2, 0.25) is 5.91 Å². The molecule has 3 N–H and O–H groups in total. The second-order valence-corrected chi connectivity index (χ2v) is 5.33. The van der Waals surface area contributed by atoms with Crippen molar-refractivity contribution in [1.82, 2.24) is 4.98 Å². The number of aromatic nitrogens is 1. The van der Waals surface area contributed by atoms with Crippen molar-refractivity contribution in [3.8, 4) is 0 Å². The summed E-state index contributed by atoms with van der Waals surface area (Å²) in [5.74, 6) is 0.415. The highest BCUT2D eigenvalue weighted by atomic mass is 79.9. The standard InChI is InChI=1S/C11H16BrN3O/c1-7-4-10(14-6-8(7)12)15-11(2,3)5-9(13)16/h4,6H,5H2,1-3H3,(H2,13,16)(H,14,15). The summed E-state index contributed by atoms with van der Waals surface area (Å²) in [6.07, 6.45) is 2.00. The largest absolute Gasteiger partial charge is 0.370 e. The number of aryl methyl sites for hydroxylation is 1. The molecule has 1 aromatic heterocycles. The lowest BCUT2D eigenvalue weighted by atomic mass is 10.0. The molecule has 0 aliphatic rings. The van der Waals surface area contributed by atoms with Crippen LogP contribution in [0.25, 0.3) is 0 Å². The van der Waals surface area contributed by atoms with Gasteiger partial charge in [-0.05, 0) is 48.3 Å². The van der Waals surface area contributed by atoms with E-state index in [1.807, 2.05) is 26.8 Å². The van der Waals surface area contributed by atoms with Crippen LogP contribution in [0, 0.1) is 6.92 Å². The van der Waals surface area contributed by atoms with Crippen LogP contribution in [-0.4, -0.2) is 16.4 Å². The van der Waals surface area contributed by atoms with E-state index in [0.29, 0.717) is 0 Å². The minimum Gasteiger partial charge on any atom is -0.370 e. The zero-order valence-electron chi connectivity index (χ0n) is 9.67. The maximum absolute atomic E-state index is 10.9. The van der Waals surface area contributed by atoms with E-state index in [2.05, 4.69) is 26.2 Å². The molecule has 0 fully saturated rings. The molecule has 0 aliphatic carbocycles. The lowest BCUT2D eigenvalue weighted by Crippen LogP contribution is -2.36. The Hall–Kier alpha value is -1.10. The zero-order valence-corrected chi connectivity index (χ0v) is 11.3. The predicted octanol–water partition coefficient (Wildman–Crippen LogP) is 2.22. The Labute approximate surface area is 104 Å². The van der Waals surface area contributed by atoms with Gasteiger partial charge in [0.15, 0.2) is 0 Å². The van der Waals surface area contributed by atoms with Gasteiger partial charge in [0, 0.05) is 22.6 Å². The van der Waals surface area contributed by atoms with E-state index in [1.165, 1.54) is 0 Å². The first-order valence-corrected chi connectivity index (χ1v) is 5.78. The molecule has 5 heteroatoms. The number of halogens is 1. The Kier molecular flexibility index (Phi) is 3.91. The molecule has 4 nitrogen and oxygen atoms in total.